The fourth-order valence-corrected chi connectivity index (χ4v) is 3.46. The summed E-state index contributed by atoms with van der Waals surface area (Å²) in [5.74, 6) is 1.49. The van der Waals surface area contributed by atoms with Crippen LogP contribution in [0.15, 0.2) is 66.7 Å². The number of methoxy groups -OCH3 is 1. The molecule has 26 heavy (non-hydrogen) atoms. The number of benzene rings is 3. The van der Waals surface area contributed by atoms with Crippen LogP contribution in [0, 0.1) is 3.57 Å². The van der Waals surface area contributed by atoms with Crippen LogP contribution in [-0.4, -0.2) is 7.11 Å². The van der Waals surface area contributed by atoms with Crippen LogP contribution in [0.4, 0.5) is 5.69 Å². The van der Waals surface area contributed by atoms with Gasteiger partial charge in [-0.2, -0.15) is 0 Å². The van der Waals surface area contributed by atoms with Gasteiger partial charge in [0, 0.05) is 17.3 Å². The normalized spacial score (nSPS) is 10.4. The van der Waals surface area contributed by atoms with Gasteiger partial charge in [0.2, 0.25) is 0 Å². The summed E-state index contributed by atoms with van der Waals surface area (Å²) >= 11 is 8.21. The zero-order valence-electron chi connectivity index (χ0n) is 14.3. The Bertz CT molecular complexity index is 854. The lowest BCUT2D eigenvalue weighted by Gasteiger charge is -2.15. The Morgan fingerprint density at radius 2 is 1.69 bits per heavy atom. The molecule has 3 aromatic carbocycles. The Balaban J connectivity index is 1.71. The molecule has 3 nitrogen and oxygen atoms in total. The van der Waals surface area contributed by atoms with Gasteiger partial charge in [-0.3, -0.25) is 0 Å². The molecule has 134 valence electrons. The molecule has 1 N–H and O–H groups in total. The maximum Gasteiger partial charge on any atom is 0.174 e. The van der Waals surface area contributed by atoms with E-state index in [2.05, 4.69) is 34.0 Å². The first-order valence-electron chi connectivity index (χ1n) is 8.18. The number of hydrogen-bond donors (Lipinski definition) is 1. The van der Waals surface area contributed by atoms with E-state index >= 15 is 0 Å². The summed E-state index contributed by atoms with van der Waals surface area (Å²) in [4.78, 5) is 0. The largest absolute Gasteiger partial charge is 0.493 e. The van der Waals surface area contributed by atoms with E-state index in [1.165, 1.54) is 0 Å². The number of hydrogen-bond acceptors (Lipinski definition) is 3. The van der Waals surface area contributed by atoms with E-state index in [0.717, 1.165) is 36.9 Å². The molecule has 0 heterocycles. The van der Waals surface area contributed by atoms with Crippen molar-refractivity contribution < 1.29 is 9.47 Å². The van der Waals surface area contributed by atoms with Gasteiger partial charge >= 0.3 is 0 Å². The molecule has 0 fully saturated rings. The van der Waals surface area contributed by atoms with Crippen molar-refractivity contribution in [2.45, 2.75) is 13.2 Å². The van der Waals surface area contributed by atoms with E-state index < -0.39 is 0 Å². The average molecular weight is 480 g/mol. The van der Waals surface area contributed by atoms with Gasteiger partial charge < -0.3 is 14.8 Å². The highest BCUT2D eigenvalue weighted by Gasteiger charge is 2.12. The molecule has 0 aromatic heterocycles. The molecule has 3 rings (SSSR count). The highest BCUT2D eigenvalue weighted by molar-refractivity contribution is 14.1. The fourth-order valence-electron chi connectivity index (χ4n) is 2.51. The maximum atomic E-state index is 6.01. The highest BCUT2D eigenvalue weighted by Crippen LogP contribution is 2.34. The Hall–Kier alpha value is -1.92. The van der Waals surface area contributed by atoms with Crippen molar-refractivity contribution in [3.05, 3.63) is 86.4 Å². The number of para-hydroxylation sites is 1. The van der Waals surface area contributed by atoms with E-state index in [-0.39, 0.29) is 0 Å². The summed E-state index contributed by atoms with van der Waals surface area (Å²) in [6.45, 7) is 1.18. The minimum Gasteiger partial charge on any atom is -0.493 e. The number of ether oxygens (including phenoxy) is 2. The zero-order chi connectivity index (χ0) is 18.4. The molecule has 0 atom stereocenters. The molecule has 0 bridgehead atoms. The Kier molecular flexibility index (Phi) is 6.63. The number of rotatable bonds is 7. The standard InChI is InChI=1S/C21H19ClINO2/c1-25-20-12-16(13-24-18-5-3-2-4-6-18)11-19(23)21(20)26-14-15-7-9-17(22)10-8-15/h2-12,24H,13-14H2,1H3. The second-order valence-corrected chi connectivity index (χ2v) is 7.34. The predicted octanol–water partition coefficient (Wildman–Crippen LogP) is 6.14. The van der Waals surface area contributed by atoms with Gasteiger partial charge in [-0.15, -0.1) is 0 Å². The van der Waals surface area contributed by atoms with Gasteiger partial charge in [0.05, 0.1) is 10.7 Å². The monoisotopic (exact) mass is 479 g/mol. The lowest BCUT2D eigenvalue weighted by Crippen LogP contribution is -2.03. The minimum absolute atomic E-state index is 0.463. The van der Waals surface area contributed by atoms with Crippen molar-refractivity contribution in [1.29, 1.82) is 0 Å². The van der Waals surface area contributed by atoms with Crippen LogP contribution in [0.1, 0.15) is 11.1 Å². The molecular weight excluding hydrogens is 461 g/mol. The first-order chi connectivity index (χ1) is 12.7. The third-order valence-electron chi connectivity index (χ3n) is 3.86. The summed E-state index contributed by atoms with van der Waals surface area (Å²) in [6.07, 6.45) is 0. The second-order valence-electron chi connectivity index (χ2n) is 5.74. The van der Waals surface area contributed by atoms with Gasteiger partial charge in [0.1, 0.15) is 6.61 Å². The van der Waals surface area contributed by atoms with Crippen molar-refractivity contribution in [2.75, 3.05) is 12.4 Å². The van der Waals surface area contributed by atoms with Gasteiger partial charge in [-0.1, -0.05) is 41.9 Å². The molecule has 0 saturated heterocycles. The first-order valence-corrected chi connectivity index (χ1v) is 9.64. The molecule has 0 aliphatic carbocycles. The van der Waals surface area contributed by atoms with E-state index in [0.29, 0.717) is 13.2 Å². The van der Waals surface area contributed by atoms with E-state index in [4.69, 9.17) is 21.1 Å². The molecule has 0 spiro atoms. The van der Waals surface area contributed by atoms with Crippen LogP contribution in [0.2, 0.25) is 5.02 Å². The van der Waals surface area contributed by atoms with Crippen LogP contribution in [0.5, 0.6) is 11.5 Å². The molecule has 5 heteroatoms. The average Bonchev–Trinajstić information content (AvgIpc) is 2.67. The van der Waals surface area contributed by atoms with E-state index in [1.807, 2.05) is 60.7 Å². The van der Waals surface area contributed by atoms with Crippen LogP contribution in [0.25, 0.3) is 0 Å². The second kappa shape index (κ2) is 9.14. The van der Waals surface area contributed by atoms with Crippen LogP contribution in [0.3, 0.4) is 0 Å². The molecule has 3 aromatic rings. The molecule has 0 saturated carbocycles. The SMILES string of the molecule is COc1cc(CNc2ccccc2)cc(I)c1OCc1ccc(Cl)cc1. The third kappa shape index (κ3) is 5.05. The summed E-state index contributed by atoms with van der Waals surface area (Å²) in [5.41, 5.74) is 3.28. The van der Waals surface area contributed by atoms with Gasteiger partial charge in [-0.25, -0.2) is 0 Å². The first kappa shape index (κ1) is 18.9. The van der Waals surface area contributed by atoms with Crippen LogP contribution >= 0.6 is 34.2 Å². The van der Waals surface area contributed by atoms with E-state index in [9.17, 15) is 0 Å². The topological polar surface area (TPSA) is 30.5 Å². The van der Waals surface area contributed by atoms with Gasteiger partial charge in [0.15, 0.2) is 11.5 Å². The lowest BCUT2D eigenvalue weighted by atomic mass is 10.2. The number of nitrogens with one attached hydrogen (secondary N) is 1. The lowest BCUT2D eigenvalue weighted by molar-refractivity contribution is 0.282. The van der Waals surface area contributed by atoms with Gasteiger partial charge in [0.25, 0.3) is 0 Å². The Morgan fingerprint density at radius 1 is 0.962 bits per heavy atom. The molecule has 0 amide bonds. The summed E-state index contributed by atoms with van der Waals surface area (Å²) in [5, 5.41) is 4.13. The molecule has 0 radical (unpaired) electrons. The highest BCUT2D eigenvalue weighted by atomic mass is 127. The smallest absolute Gasteiger partial charge is 0.174 e. The Morgan fingerprint density at radius 3 is 2.38 bits per heavy atom. The summed E-state index contributed by atoms with van der Waals surface area (Å²) in [7, 11) is 1.66. The predicted molar refractivity (Wildman–Crippen MR) is 115 cm³/mol. The van der Waals surface area contributed by atoms with Crippen molar-refractivity contribution >= 4 is 39.9 Å². The molecular formula is C21H19ClINO2. The van der Waals surface area contributed by atoms with Gasteiger partial charge in [-0.05, 0) is 70.1 Å². The van der Waals surface area contributed by atoms with Crippen molar-refractivity contribution in [3.8, 4) is 11.5 Å². The zero-order valence-corrected chi connectivity index (χ0v) is 17.3. The number of anilines is 1. The summed E-state index contributed by atoms with van der Waals surface area (Å²) < 4.78 is 12.6. The van der Waals surface area contributed by atoms with Crippen LogP contribution < -0.4 is 14.8 Å². The molecule has 0 aliphatic rings. The fraction of sp³-hybridized carbons (Fsp3) is 0.143. The van der Waals surface area contributed by atoms with Crippen LogP contribution in [-0.2, 0) is 13.2 Å². The molecule has 0 aliphatic heterocycles. The van der Waals surface area contributed by atoms with Crippen molar-refractivity contribution in [2.24, 2.45) is 0 Å². The maximum absolute atomic E-state index is 6.01. The number of halogens is 2. The van der Waals surface area contributed by atoms with E-state index in [1.54, 1.807) is 7.11 Å². The quantitative estimate of drug-likeness (QED) is 0.413. The summed E-state index contributed by atoms with van der Waals surface area (Å²) in [6, 6.07) is 21.9. The Labute approximate surface area is 172 Å². The molecule has 0 unspecified atom stereocenters. The third-order valence-corrected chi connectivity index (χ3v) is 4.91. The van der Waals surface area contributed by atoms with Crippen molar-refractivity contribution in [1.82, 2.24) is 0 Å². The minimum atomic E-state index is 0.463. The van der Waals surface area contributed by atoms with Crippen molar-refractivity contribution in [3.63, 3.8) is 0 Å².